The van der Waals surface area contributed by atoms with Gasteiger partial charge in [-0.05, 0) is 36.6 Å². The number of ether oxygens (including phenoxy) is 1. The Morgan fingerprint density at radius 3 is 2.56 bits per heavy atom. The minimum atomic E-state index is -0.272. The highest BCUT2D eigenvalue weighted by atomic mass is 19.1. The lowest BCUT2D eigenvalue weighted by Crippen LogP contribution is -2.43. The Hall–Kier alpha value is -2.84. The number of halogens is 1. The number of pyridine rings is 1. The average molecular weight is 440 g/mol. The molecule has 3 aromatic rings. The van der Waals surface area contributed by atoms with Crippen LogP contribution >= 0.6 is 0 Å². The van der Waals surface area contributed by atoms with Crippen molar-refractivity contribution >= 4 is 16.9 Å². The molecular formula is C24H30FN5O2. The smallest absolute Gasteiger partial charge is 0.252 e. The molecule has 0 spiro atoms. The van der Waals surface area contributed by atoms with Crippen molar-refractivity contribution in [3.63, 3.8) is 0 Å². The molecule has 2 aromatic heterocycles. The summed E-state index contributed by atoms with van der Waals surface area (Å²) in [5, 5.41) is 8.38. The van der Waals surface area contributed by atoms with Gasteiger partial charge >= 0.3 is 0 Å². The maximum atomic E-state index is 13.5. The number of aromatic nitrogens is 3. The van der Waals surface area contributed by atoms with Gasteiger partial charge in [-0.25, -0.2) is 9.37 Å². The lowest BCUT2D eigenvalue weighted by atomic mass is 10.0. The number of amides is 1. The van der Waals surface area contributed by atoms with Crippen molar-refractivity contribution in [1.82, 2.24) is 25.0 Å². The fraction of sp³-hybridized carbons (Fsp3) is 0.458. The van der Waals surface area contributed by atoms with E-state index in [2.05, 4.69) is 29.2 Å². The number of rotatable bonds is 6. The average Bonchev–Trinajstić information content (AvgIpc) is 3.08. The van der Waals surface area contributed by atoms with Gasteiger partial charge in [-0.1, -0.05) is 26.0 Å². The quantitative estimate of drug-likeness (QED) is 0.638. The molecule has 1 aromatic carbocycles. The van der Waals surface area contributed by atoms with Gasteiger partial charge in [-0.15, -0.1) is 0 Å². The first-order chi connectivity index (χ1) is 15.3. The van der Waals surface area contributed by atoms with Gasteiger partial charge in [0.25, 0.3) is 5.91 Å². The standard InChI is InChI=1S/C24H30FN5O2/c1-15(2)20-13-19(22-16(3)28-29(4)23(22)27-20)24(31)26-14-21(30-9-11-32-12-10-30)17-5-7-18(25)8-6-17/h5-8,13,15,21H,9-12,14H2,1-4H3,(H,26,31). The molecule has 0 bridgehead atoms. The van der Waals surface area contributed by atoms with Gasteiger partial charge < -0.3 is 10.1 Å². The minimum Gasteiger partial charge on any atom is -0.379 e. The number of carbonyl (C=O) groups excluding carboxylic acids is 1. The maximum absolute atomic E-state index is 13.5. The molecule has 1 saturated heterocycles. The number of carbonyl (C=O) groups is 1. The topological polar surface area (TPSA) is 72.3 Å². The highest BCUT2D eigenvalue weighted by Gasteiger charge is 2.25. The molecule has 1 amide bonds. The summed E-state index contributed by atoms with van der Waals surface area (Å²) in [5.74, 6) is -0.247. The Labute approximate surface area is 187 Å². The normalized spacial score (nSPS) is 15.9. The van der Waals surface area contributed by atoms with Crippen LogP contribution in [-0.2, 0) is 11.8 Å². The number of nitrogens with zero attached hydrogens (tertiary/aromatic N) is 4. The predicted octanol–water partition coefficient (Wildman–Crippen LogP) is 3.34. The van der Waals surface area contributed by atoms with E-state index >= 15 is 0 Å². The van der Waals surface area contributed by atoms with Crippen molar-refractivity contribution in [2.24, 2.45) is 7.05 Å². The molecule has 0 aliphatic carbocycles. The fourth-order valence-electron chi connectivity index (χ4n) is 4.26. The molecule has 4 rings (SSSR count). The third kappa shape index (κ3) is 4.52. The molecule has 3 heterocycles. The number of morpholine rings is 1. The zero-order valence-electron chi connectivity index (χ0n) is 19.1. The van der Waals surface area contributed by atoms with E-state index in [-0.39, 0.29) is 23.7 Å². The lowest BCUT2D eigenvalue weighted by molar-refractivity contribution is 0.0162. The van der Waals surface area contributed by atoms with Crippen LogP contribution in [0.1, 0.15) is 53.1 Å². The van der Waals surface area contributed by atoms with Gasteiger partial charge in [0, 0.05) is 32.4 Å². The Morgan fingerprint density at radius 2 is 1.91 bits per heavy atom. The highest BCUT2D eigenvalue weighted by Crippen LogP contribution is 2.26. The van der Waals surface area contributed by atoms with Gasteiger partial charge in [0.1, 0.15) is 5.82 Å². The van der Waals surface area contributed by atoms with Crippen LogP contribution in [0, 0.1) is 12.7 Å². The highest BCUT2D eigenvalue weighted by molar-refractivity contribution is 6.06. The maximum Gasteiger partial charge on any atom is 0.252 e. The summed E-state index contributed by atoms with van der Waals surface area (Å²) in [4.78, 5) is 20.4. The van der Waals surface area contributed by atoms with Crippen molar-refractivity contribution in [1.29, 1.82) is 0 Å². The predicted molar refractivity (Wildman–Crippen MR) is 121 cm³/mol. The largest absolute Gasteiger partial charge is 0.379 e. The summed E-state index contributed by atoms with van der Waals surface area (Å²) in [6.07, 6.45) is 0. The van der Waals surface area contributed by atoms with E-state index in [0.717, 1.165) is 35.4 Å². The molecule has 1 aliphatic rings. The summed E-state index contributed by atoms with van der Waals surface area (Å²) >= 11 is 0. The first-order valence-corrected chi connectivity index (χ1v) is 11.0. The molecule has 8 heteroatoms. The lowest BCUT2D eigenvalue weighted by Gasteiger charge is -2.35. The third-order valence-electron chi connectivity index (χ3n) is 6.02. The van der Waals surface area contributed by atoms with E-state index < -0.39 is 0 Å². The van der Waals surface area contributed by atoms with Gasteiger partial charge in [-0.2, -0.15) is 5.10 Å². The number of fused-ring (bicyclic) bond motifs is 1. The van der Waals surface area contributed by atoms with Crippen molar-refractivity contribution in [3.05, 3.63) is 58.7 Å². The first kappa shape index (κ1) is 22.4. The number of nitrogens with one attached hydrogen (secondary N) is 1. The van der Waals surface area contributed by atoms with E-state index in [1.165, 1.54) is 12.1 Å². The van der Waals surface area contributed by atoms with E-state index in [1.54, 1.807) is 16.8 Å². The molecule has 1 unspecified atom stereocenters. The van der Waals surface area contributed by atoms with Gasteiger partial charge in [-0.3, -0.25) is 14.4 Å². The van der Waals surface area contributed by atoms with E-state index in [9.17, 15) is 9.18 Å². The van der Waals surface area contributed by atoms with Crippen LogP contribution in [-0.4, -0.2) is 58.4 Å². The molecular weight excluding hydrogens is 409 g/mol. The van der Waals surface area contributed by atoms with Crippen molar-refractivity contribution in [2.45, 2.75) is 32.7 Å². The van der Waals surface area contributed by atoms with E-state index in [1.807, 2.05) is 20.0 Å². The first-order valence-electron chi connectivity index (χ1n) is 11.0. The molecule has 7 nitrogen and oxygen atoms in total. The minimum absolute atomic E-state index is 0.0691. The molecule has 0 radical (unpaired) electrons. The summed E-state index contributed by atoms with van der Waals surface area (Å²) in [6, 6.07) is 8.30. The van der Waals surface area contributed by atoms with Gasteiger partial charge in [0.15, 0.2) is 5.65 Å². The second-order valence-corrected chi connectivity index (χ2v) is 8.58. The van der Waals surface area contributed by atoms with Crippen molar-refractivity contribution in [3.8, 4) is 0 Å². The summed E-state index contributed by atoms with van der Waals surface area (Å²) in [7, 11) is 1.84. The van der Waals surface area contributed by atoms with Crippen LogP contribution in [0.5, 0.6) is 0 Å². The molecule has 1 N–H and O–H groups in total. The van der Waals surface area contributed by atoms with Crippen LogP contribution in [0.25, 0.3) is 11.0 Å². The molecule has 170 valence electrons. The molecule has 32 heavy (non-hydrogen) atoms. The van der Waals surface area contributed by atoms with Gasteiger partial charge in [0.2, 0.25) is 0 Å². The van der Waals surface area contributed by atoms with Crippen LogP contribution in [0.3, 0.4) is 0 Å². The Morgan fingerprint density at radius 1 is 1.22 bits per heavy atom. The van der Waals surface area contributed by atoms with Gasteiger partial charge in [0.05, 0.1) is 35.9 Å². The van der Waals surface area contributed by atoms with Crippen LogP contribution in [0.15, 0.2) is 30.3 Å². The third-order valence-corrected chi connectivity index (χ3v) is 6.02. The van der Waals surface area contributed by atoms with Crippen LogP contribution in [0.4, 0.5) is 4.39 Å². The molecule has 1 atom stereocenters. The SMILES string of the molecule is Cc1nn(C)c2nc(C(C)C)cc(C(=O)NCC(c3ccc(F)cc3)N3CCOCC3)c12. The zero-order valence-corrected chi connectivity index (χ0v) is 19.1. The zero-order chi connectivity index (χ0) is 22.8. The van der Waals surface area contributed by atoms with E-state index in [4.69, 9.17) is 9.72 Å². The molecule has 1 aliphatic heterocycles. The summed E-state index contributed by atoms with van der Waals surface area (Å²) in [6.45, 7) is 9.22. The second-order valence-electron chi connectivity index (χ2n) is 8.58. The number of hydrogen-bond acceptors (Lipinski definition) is 5. The number of aryl methyl sites for hydroxylation is 2. The summed E-state index contributed by atoms with van der Waals surface area (Å²) < 4.78 is 20.7. The Balaban J connectivity index is 1.63. The van der Waals surface area contributed by atoms with Crippen molar-refractivity contribution in [2.75, 3.05) is 32.8 Å². The van der Waals surface area contributed by atoms with Crippen LogP contribution in [0.2, 0.25) is 0 Å². The number of benzene rings is 1. The number of hydrogen-bond donors (Lipinski definition) is 1. The Kier molecular flexibility index (Phi) is 6.53. The molecule has 1 fully saturated rings. The Bertz CT molecular complexity index is 1100. The molecule has 0 saturated carbocycles. The van der Waals surface area contributed by atoms with Crippen LogP contribution < -0.4 is 5.32 Å². The monoisotopic (exact) mass is 439 g/mol. The second kappa shape index (κ2) is 9.34. The van der Waals surface area contributed by atoms with Crippen molar-refractivity contribution < 1.29 is 13.9 Å². The fourth-order valence-corrected chi connectivity index (χ4v) is 4.26. The van der Waals surface area contributed by atoms with E-state index in [0.29, 0.717) is 31.0 Å². The summed E-state index contributed by atoms with van der Waals surface area (Å²) in [5.41, 5.74) is 3.90.